The second-order valence-corrected chi connectivity index (χ2v) is 14.1. The Bertz CT molecular complexity index is 2400. The molecule has 49 heavy (non-hydrogen) atoms. The van der Waals surface area contributed by atoms with Gasteiger partial charge in [0.2, 0.25) is 0 Å². The number of anilines is 3. The summed E-state index contributed by atoms with van der Waals surface area (Å²) in [5.74, 6) is 2.34. The third kappa shape index (κ3) is 5.58. The van der Waals surface area contributed by atoms with Gasteiger partial charge in [0, 0.05) is 42.7 Å². The van der Waals surface area contributed by atoms with Crippen LogP contribution in [-0.4, -0.2) is 19.7 Å². The summed E-state index contributed by atoms with van der Waals surface area (Å²) in [6, 6.07) is 47.1. The van der Waals surface area contributed by atoms with Crippen LogP contribution in [0.1, 0.15) is 50.7 Å². The lowest BCUT2D eigenvalue weighted by Gasteiger charge is -2.25. The molecule has 0 aliphatic heterocycles. The summed E-state index contributed by atoms with van der Waals surface area (Å²) in [5.41, 5.74) is 8.81. The monoisotopic (exact) mass is 655 g/mol. The van der Waals surface area contributed by atoms with Gasteiger partial charge in [-0.1, -0.05) is 119 Å². The molecule has 0 saturated carbocycles. The van der Waals surface area contributed by atoms with Gasteiger partial charge in [0.05, 0.1) is 11.4 Å². The quantitative estimate of drug-likeness (QED) is 0.163. The zero-order chi connectivity index (χ0) is 33.5. The van der Waals surface area contributed by atoms with Gasteiger partial charge in [-0.3, -0.25) is 9.47 Å². The first-order valence-electron chi connectivity index (χ1n) is 16.8. The van der Waals surface area contributed by atoms with E-state index in [1.165, 1.54) is 37.0 Å². The zero-order valence-electron chi connectivity index (χ0n) is 28.1. The SMILES string of the molecule is CC(C)c1cccc(C(C)C)c1-n1cnnc1-c1cccc(N(c2ccccc2)c2cccc(-c3cccc4c3sc3ccccc34)n2)c1. The van der Waals surface area contributed by atoms with E-state index in [0.717, 1.165) is 39.8 Å². The molecule has 0 unspecified atom stereocenters. The van der Waals surface area contributed by atoms with Crippen LogP contribution in [0.5, 0.6) is 0 Å². The highest BCUT2D eigenvalue weighted by atomic mass is 32.1. The number of thiophene rings is 1. The van der Waals surface area contributed by atoms with Crippen molar-refractivity contribution >= 4 is 48.7 Å². The van der Waals surface area contributed by atoms with Gasteiger partial charge in [0.1, 0.15) is 12.1 Å². The Labute approximate surface area is 291 Å². The average molecular weight is 656 g/mol. The van der Waals surface area contributed by atoms with E-state index in [4.69, 9.17) is 10.1 Å². The lowest BCUT2D eigenvalue weighted by Crippen LogP contribution is -2.12. The van der Waals surface area contributed by atoms with Crippen LogP contribution < -0.4 is 4.90 Å². The normalized spacial score (nSPS) is 11.6. The number of fused-ring (bicyclic) bond motifs is 3. The van der Waals surface area contributed by atoms with Crippen molar-refractivity contribution in [2.24, 2.45) is 0 Å². The highest BCUT2D eigenvalue weighted by Gasteiger charge is 2.21. The van der Waals surface area contributed by atoms with E-state index in [9.17, 15) is 0 Å². The summed E-state index contributed by atoms with van der Waals surface area (Å²) in [7, 11) is 0. The zero-order valence-corrected chi connectivity index (χ0v) is 28.9. The van der Waals surface area contributed by atoms with Crippen LogP contribution >= 0.6 is 11.3 Å². The fraction of sp³-hybridized carbons (Fsp3) is 0.140. The van der Waals surface area contributed by atoms with Crippen LogP contribution in [0.4, 0.5) is 17.2 Å². The molecule has 8 rings (SSSR count). The standard InChI is InChI=1S/C43H37N5S/c1-28(2)33-19-11-20-34(29(3)4)41(33)47-27-44-46-43(47)30-14-10-17-32(26-30)48(31-15-6-5-7-16-31)40-25-13-23-38(45-40)37-22-12-21-36-35-18-8-9-24-39(35)49-42(36)37/h5-29H,1-4H3. The molecule has 0 aliphatic carbocycles. The average Bonchev–Trinajstić information content (AvgIpc) is 3.78. The van der Waals surface area contributed by atoms with Gasteiger partial charge in [0.15, 0.2) is 5.82 Å². The molecule has 0 amide bonds. The van der Waals surface area contributed by atoms with Crippen LogP contribution in [0.3, 0.4) is 0 Å². The Balaban J connectivity index is 1.26. The molecule has 6 heteroatoms. The van der Waals surface area contributed by atoms with E-state index >= 15 is 0 Å². The molecule has 0 spiro atoms. The summed E-state index contributed by atoms with van der Waals surface area (Å²) in [5, 5.41) is 11.7. The smallest absolute Gasteiger partial charge is 0.168 e. The predicted molar refractivity (Wildman–Crippen MR) is 206 cm³/mol. The van der Waals surface area contributed by atoms with Crippen LogP contribution in [0.2, 0.25) is 0 Å². The highest BCUT2D eigenvalue weighted by molar-refractivity contribution is 7.26. The van der Waals surface area contributed by atoms with Gasteiger partial charge in [0.25, 0.3) is 0 Å². The summed E-state index contributed by atoms with van der Waals surface area (Å²) < 4.78 is 4.71. The first kappa shape index (κ1) is 30.7. The minimum atomic E-state index is 0.348. The molecule has 0 fully saturated rings. The van der Waals surface area contributed by atoms with Gasteiger partial charge in [-0.25, -0.2) is 4.98 Å². The molecule has 0 bridgehead atoms. The fourth-order valence-electron chi connectivity index (χ4n) is 6.81. The molecule has 0 radical (unpaired) electrons. The number of hydrogen-bond donors (Lipinski definition) is 0. The summed E-state index contributed by atoms with van der Waals surface area (Å²) in [6.07, 6.45) is 1.85. The van der Waals surface area contributed by atoms with Gasteiger partial charge in [-0.15, -0.1) is 21.5 Å². The lowest BCUT2D eigenvalue weighted by molar-refractivity contribution is 0.806. The van der Waals surface area contributed by atoms with Crippen molar-refractivity contribution in [1.82, 2.24) is 19.7 Å². The topological polar surface area (TPSA) is 46.8 Å². The molecular formula is C43H37N5S. The largest absolute Gasteiger partial charge is 0.295 e. The first-order chi connectivity index (χ1) is 24.0. The molecule has 0 aliphatic rings. The van der Waals surface area contributed by atoms with E-state index in [-0.39, 0.29) is 0 Å². The third-order valence-electron chi connectivity index (χ3n) is 9.15. The molecule has 0 atom stereocenters. The van der Waals surface area contributed by atoms with Crippen molar-refractivity contribution < 1.29 is 0 Å². The maximum absolute atomic E-state index is 5.34. The second-order valence-electron chi connectivity index (χ2n) is 13.0. The number of pyridine rings is 1. The summed E-state index contributed by atoms with van der Waals surface area (Å²) in [6.45, 7) is 8.97. The van der Waals surface area contributed by atoms with E-state index < -0.39 is 0 Å². The summed E-state index contributed by atoms with van der Waals surface area (Å²) >= 11 is 1.83. The Morgan fingerprint density at radius 3 is 2.10 bits per heavy atom. The Morgan fingerprint density at radius 2 is 1.31 bits per heavy atom. The van der Waals surface area contributed by atoms with Crippen LogP contribution in [0.25, 0.3) is 48.5 Å². The molecule has 5 aromatic carbocycles. The van der Waals surface area contributed by atoms with Crippen molar-refractivity contribution in [3.63, 3.8) is 0 Å². The lowest BCUT2D eigenvalue weighted by atomic mass is 9.92. The Kier molecular flexibility index (Phi) is 8.02. The number of aromatic nitrogens is 4. The van der Waals surface area contributed by atoms with Crippen molar-refractivity contribution in [3.8, 4) is 28.3 Å². The van der Waals surface area contributed by atoms with Gasteiger partial charge in [-0.2, -0.15) is 0 Å². The minimum Gasteiger partial charge on any atom is -0.295 e. The summed E-state index contributed by atoms with van der Waals surface area (Å²) in [4.78, 5) is 7.56. The van der Waals surface area contributed by atoms with Crippen molar-refractivity contribution in [2.75, 3.05) is 4.90 Å². The van der Waals surface area contributed by atoms with Crippen molar-refractivity contribution in [3.05, 3.63) is 151 Å². The molecule has 3 heterocycles. The van der Waals surface area contributed by atoms with Crippen LogP contribution in [0, 0.1) is 0 Å². The Morgan fingerprint density at radius 1 is 0.633 bits per heavy atom. The number of nitrogens with zero attached hydrogens (tertiary/aromatic N) is 5. The maximum Gasteiger partial charge on any atom is 0.168 e. The van der Waals surface area contributed by atoms with E-state index in [0.29, 0.717) is 11.8 Å². The molecule has 0 saturated heterocycles. The van der Waals surface area contributed by atoms with Gasteiger partial charge < -0.3 is 0 Å². The number of rotatable bonds is 8. The molecular weight excluding hydrogens is 619 g/mol. The van der Waals surface area contributed by atoms with E-state index in [1.807, 2.05) is 23.7 Å². The maximum atomic E-state index is 5.34. The molecule has 0 N–H and O–H groups in total. The van der Waals surface area contributed by atoms with Crippen molar-refractivity contribution in [2.45, 2.75) is 39.5 Å². The molecule has 8 aromatic rings. The minimum absolute atomic E-state index is 0.348. The number of hydrogen-bond acceptors (Lipinski definition) is 5. The molecule has 5 nitrogen and oxygen atoms in total. The van der Waals surface area contributed by atoms with Crippen LogP contribution in [0.15, 0.2) is 140 Å². The number of para-hydroxylation sites is 2. The van der Waals surface area contributed by atoms with E-state index in [2.05, 4.69) is 170 Å². The highest BCUT2D eigenvalue weighted by Crippen LogP contribution is 2.41. The fourth-order valence-corrected chi connectivity index (χ4v) is 8.03. The van der Waals surface area contributed by atoms with Gasteiger partial charge in [-0.05, 0) is 65.4 Å². The predicted octanol–water partition coefficient (Wildman–Crippen LogP) is 12.1. The Hall–Kier alpha value is -5.59. The van der Waals surface area contributed by atoms with Gasteiger partial charge >= 0.3 is 0 Å². The number of benzene rings is 5. The van der Waals surface area contributed by atoms with E-state index in [1.54, 1.807) is 0 Å². The van der Waals surface area contributed by atoms with Crippen LogP contribution in [-0.2, 0) is 0 Å². The third-order valence-corrected chi connectivity index (χ3v) is 10.4. The molecule has 3 aromatic heterocycles. The second kappa shape index (κ2) is 12.8. The molecule has 240 valence electrons. The first-order valence-corrected chi connectivity index (χ1v) is 17.7. The van der Waals surface area contributed by atoms with Crippen molar-refractivity contribution in [1.29, 1.82) is 0 Å².